The van der Waals surface area contributed by atoms with E-state index in [-0.39, 0.29) is 0 Å². The highest BCUT2D eigenvalue weighted by Crippen LogP contribution is 2.14. The van der Waals surface area contributed by atoms with Gasteiger partial charge in [0.05, 0.1) is 0 Å². The van der Waals surface area contributed by atoms with Crippen molar-refractivity contribution in [2.75, 3.05) is 0 Å². The molecule has 37 heteroatoms. The molecule has 0 saturated heterocycles. The molecular formula is C9H24O18Si19. The predicted octanol–water partition coefficient (Wildman–Crippen LogP) is -4.60. The summed E-state index contributed by atoms with van der Waals surface area (Å²) >= 11 is 0. The van der Waals surface area contributed by atoms with E-state index in [9.17, 15) is 71.4 Å². The third kappa shape index (κ3) is 14.5. The number of unbranched alkanes of at least 4 members (excludes halogenated alkanes) is 1. The number of rotatable bonds is 23. The zero-order valence-corrected chi connectivity index (χ0v) is 44.0. The van der Waals surface area contributed by atoms with Crippen LogP contribution < -0.4 is 0 Å². The van der Waals surface area contributed by atoms with Crippen molar-refractivity contribution >= 4 is 150 Å². The first-order valence-corrected chi connectivity index (χ1v) is 58.5. The lowest BCUT2D eigenvalue weighted by Gasteiger charge is -2.21. The van der Waals surface area contributed by atoms with Crippen molar-refractivity contribution in [2.45, 2.75) is 58.5 Å². The van der Waals surface area contributed by atoms with Gasteiger partial charge in [0, 0.05) is 0 Å². The minimum absolute atomic E-state index is 0.696. The fourth-order valence-corrected chi connectivity index (χ4v) is 184. The van der Waals surface area contributed by atoms with Crippen LogP contribution in [-0.4, -0.2) is 150 Å². The molecule has 2 radical (unpaired) electrons. The highest BCUT2D eigenvalue weighted by atomic mass is 30.1. The first-order chi connectivity index (χ1) is 20.8. The summed E-state index contributed by atoms with van der Waals surface area (Å²) in [5.74, 6) is 0. The zero-order chi connectivity index (χ0) is 36.5. The van der Waals surface area contributed by atoms with Gasteiger partial charge in [-0.05, 0) is 38.8 Å². The SMILES string of the molecule is CCCC[Si](C)(C)O[Si][Si](=O)[Si](=O)[Si](=O)[Si](=O)[Si](=O)[Si](=O)[Si](=O)[Si](=O)[Si](=O)[Si](=O)[Si](=O)[Si](=O)[Si](=O)[Si](=O)[Si](=O)[Si](=O)O[Si](C)(C)C. The van der Waals surface area contributed by atoms with Crippen molar-refractivity contribution in [3.8, 4) is 0 Å². The Labute approximate surface area is 286 Å². The van der Waals surface area contributed by atoms with Crippen LogP contribution in [0.3, 0.4) is 0 Å². The third-order valence-corrected chi connectivity index (χ3v) is 131. The van der Waals surface area contributed by atoms with E-state index in [4.69, 9.17) is 8.23 Å². The summed E-state index contributed by atoms with van der Waals surface area (Å²) in [6.07, 6.45) is 1.69. The summed E-state index contributed by atoms with van der Waals surface area (Å²) in [6.45, 7) is 10.2. The maximum Gasteiger partial charge on any atom is 0.532 e. The average molecular weight is 954 g/mol. The lowest BCUT2D eigenvalue weighted by molar-refractivity contribution is 0.462. The molecule has 0 aromatic rings. The topological polar surface area (TPSA) is 292 Å². The van der Waals surface area contributed by atoms with Gasteiger partial charge in [0.1, 0.15) is 0 Å². The van der Waals surface area contributed by atoms with Gasteiger partial charge in [-0.1, -0.05) is 19.8 Å². The molecule has 18 nitrogen and oxygen atoms in total. The molecule has 244 valence electrons. The largest absolute Gasteiger partial charge is 0.578 e. The van der Waals surface area contributed by atoms with Gasteiger partial charge in [0.25, 0.3) is 9.28 Å². The first-order valence-electron chi connectivity index (χ1n) is 12.6. The Morgan fingerprint density at radius 2 is 0.739 bits per heavy atom. The minimum Gasteiger partial charge on any atom is -0.578 e. The molecule has 0 aromatic carbocycles. The summed E-state index contributed by atoms with van der Waals surface area (Å²) in [7, 11) is -69.4. The van der Waals surface area contributed by atoms with E-state index < -0.39 is 150 Å². The Morgan fingerprint density at radius 3 is 1.02 bits per heavy atom. The molecule has 46 heavy (non-hydrogen) atoms. The van der Waals surface area contributed by atoms with E-state index in [1.807, 2.05) is 20.0 Å². The van der Waals surface area contributed by atoms with Crippen LogP contribution in [0.1, 0.15) is 19.8 Å². The molecule has 0 amide bonds. The summed E-state index contributed by atoms with van der Waals surface area (Å²) < 4.78 is 210. The highest BCUT2D eigenvalue weighted by Gasteiger charge is 2.55. The van der Waals surface area contributed by atoms with Crippen LogP contribution >= 0.6 is 0 Å². The van der Waals surface area contributed by atoms with Gasteiger partial charge in [0.2, 0.25) is 8.32 Å². The summed E-state index contributed by atoms with van der Waals surface area (Å²) in [5, 5.41) is 0. The van der Waals surface area contributed by atoms with Crippen LogP contribution in [0.25, 0.3) is 0 Å². The van der Waals surface area contributed by atoms with Gasteiger partial charge in [0.15, 0.2) is 8.32 Å². The third-order valence-electron chi connectivity index (χ3n) is 5.02. The molecule has 0 saturated carbocycles. The minimum atomic E-state index is -4.28. The van der Waals surface area contributed by atoms with E-state index in [1.165, 1.54) is 0 Å². The van der Waals surface area contributed by atoms with Crippen molar-refractivity contribution in [1.29, 1.82) is 0 Å². The summed E-state index contributed by atoms with van der Waals surface area (Å²) in [6, 6.07) is 0.696. The first kappa shape index (κ1) is 46.7. The van der Waals surface area contributed by atoms with Gasteiger partial charge in [-0.25, -0.2) is 0 Å². The van der Waals surface area contributed by atoms with Crippen molar-refractivity contribution in [3.63, 3.8) is 0 Å². The van der Waals surface area contributed by atoms with Gasteiger partial charge in [-0.3, -0.25) is 0 Å². The molecule has 0 aliphatic carbocycles. The summed E-state index contributed by atoms with van der Waals surface area (Å²) in [5.41, 5.74) is 0. The molecule has 0 N–H and O–H groups in total. The molecule has 0 rings (SSSR count). The molecule has 0 bridgehead atoms. The second kappa shape index (κ2) is 20.5. The van der Waals surface area contributed by atoms with Crippen LogP contribution in [0.4, 0.5) is 0 Å². The van der Waals surface area contributed by atoms with Gasteiger partial charge in [-0.15, -0.1) is 0 Å². The maximum absolute atomic E-state index is 12.6. The highest BCUT2D eigenvalue weighted by molar-refractivity contribution is 7.81. The molecular weight excluding hydrogens is 930 g/mol. The number of hydrogen-bond donors (Lipinski definition) is 0. The van der Waals surface area contributed by atoms with Crippen LogP contribution in [0, 0.1) is 0 Å². The molecule has 0 unspecified atom stereocenters. The molecule has 0 spiro atoms. The Bertz CT molecular complexity index is 1550. The molecule has 0 fully saturated rings. The Balaban J connectivity index is 5.53. The standard InChI is InChI=1S/C9H24O18Si19/c1-7-8-9-46(5,6)26-28-30(11)32(13)34(15)36(17)38(19)40(21)42(23)44(25)43(24)41(22)39(20)37(18)35(16)33(14)31(12)29(10)27-45(2,3)4/h7-9H2,1-6H3. The van der Waals surface area contributed by atoms with Gasteiger partial charge >= 0.3 is 124 Å². The lowest BCUT2D eigenvalue weighted by Crippen LogP contribution is -2.56. The van der Waals surface area contributed by atoms with Crippen LogP contribution in [-0.2, 0) is 79.6 Å². The fourth-order valence-electron chi connectivity index (χ4n) is 2.64. The molecule has 0 heterocycles. The monoisotopic (exact) mass is 952 g/mol. The summed E-state index contributed by atoms with van der Waals surface area (Å²) in [4.78, 5) is 0. The van der Waals surface area contributed by atoms with E-state index >= 15 is 0 Å². The van der Waals surface area contributed by atoms with Gasteiger partial charge in [-0.2, -0.15) is 0 Å². The average Bonchev–Trinajstić information content (AvgIpc) is 3.00. The second-order valence-corrected chi connectivity index (χ2v) is 96.2. The zero-order valence-electron chi connectivity index (χ0n) is 25.0. The normalized spacial score (nSPS) is 10.9. The number of hydrogen-bond acceptors (Lipinski definition) is 18. The van der Waals surface area contributed by atoms with Crippen molar-refractivity contribution < 1.29 is 79.6 Å². The fraction of sp³-hybridized carbons (Fsp3) is 1.00. The van der Waals surface area contributed by atoms with E-state index in [0.717, 1.165) is 12.8 Å². The molecule has 0 atom stereocenters. The predicted molar refractivity (Wildman–Crippen MR) is 172 cm³/mol. The smallest absolute Gasteiger partial charge is 0.532 e. The molecule has 0 aliphatic rings. The molecule has 0 aromatic heterocycles. The Kier molecular flexibility index (Phi) is 20.8. The van der Waals surface area contributed by atoms with Crippen molar-refractivity contribution in [2.24, 2.45) is 0 Å². The van der Waals surface area contributed by atoms with Crippen molar-refractivity contribution in [1.82, 2.24) is 0 Å². The molecule has 0 aliphatic heterocycles. The van der Waals surface area contributed by atoms with E-state index in [0.29, 0.717) is 6.04 Å². The quantitative estimate of drug-likeness (QED) is 0.0871. The van der Waals surface area contributed by atoms with Gasteiger partial charge < -0.3 is 79.6 Å². The Hall–Kier alpha value is 0.681. The maximum atomic E-state index is 12.6. The lowest BCUT2D eigenvalue weighted by atomic mass is 10.4. The van der Waals surface area contributed by atoms with Crippen LogP contribution in [0.5, 0.6) is 0 Å². The van der Waals surface area contributed by atoms with Crippen LogP contribution in [0.15, 0.2) is 0 Å². The Morgan fingerprint density at radius 1 is 0.457 bits per heavy atom. The second-order valence-electron chi connectivity index (χ2n) is 10.5. The van der Waals surface area contributed by atoms with E-state index in [2.05, 4.69) is 0 Å². The van der Waals surface area contributed by atoms with E-state index in [1.54, 1.807) is 19.6 Å². The van der Waals surface area contributed by atoms with Crippen molar-refractivity contribution in [3.05, 3.63) is 0 Å². The van der Waals surface area contributed by atoms with Crippen LogP contribution in [0.2, 0.25) is 38.8 Å².